The average molecular weight is 515 g/mol. The molecule has 0 spiro atoms. The van der Waals surface area contributed by atoms with Crippen molar-refractivity contribution >= 4 is 29.9 Å². The number of guanidine groups is 1. The fourth-order valence-electron chi connectivity index (χ4n) is 3.08. The summed E-state index contributed by atoms with van der Waals surface area (Å²) in [5.41, 5.74) is 0.928. The molecule has 0 unspecified atom stereocenters. The largest absolute Gasteiger partial charge is 0.573 e. The lowest BCUT2D eigenvalue weighted by Gasteiger charge is -2.26. The van der Waals surface area contributed by atoms with Crippen LogP contribution in [0.1, 0.15) is 24.8 Å². The summed E-state index contributed by atoms with van der Waals surface area (Å²) >= 11 is 0. The second kappa shape index (κ2) is 12.4. The predicted octanol–water partition coefficient (Wildman–Crippen LogP) is 4.07. The number of nitrogens with zero attached hydrogens (tertiary/aromatic N) is 2. The van der Waals surface area contributed by atoms with Gasteiger partial charge in [0.25, 0.3) is 0 Å². The van der Waals surface area contributed by atoms with Gasteiger partial charge in [0.15, 0.2) is 5.96 Å². The molecule has 0 radical (unpaired) electrons. The summed E-state index contributed by atoms with van der Waals surface area (Å²) in [6.07, 6.45) is -0.632. The van der Waals surface area contributed by atoms with Crippen LogP contribution in [-0.4, -0.2) is 57.6 Å². The second-order valence-corrected chi connectivity index (χ2v) is 6.68. The molecule has 0 aromatic heterocycles. The molecule has 1 N–H and O–H groups in total. The molecule has 1 saturated heterocycles. The van der Waals surface area contributed by atoms with E-state index < -0.39 is 6.36 Å². The molecule has 2 rings (SSSR count). The third kappa shape index (κ3) is 9.31. The summed E-state index contributed by atoms with van der Waals surface area (Å²) in [6.45, 7) is 3.28. The van der Waals surface area contributed by atoms with Crippen LogP contribution in [0.3, 0.4) is 0 Å². The summed E-state index contributed by atoms with van der Waals surface area (Å²) in [5, 5.41) is 3.30. The molecule has 1 aromatic carbocycles. The molecule has 1 aliphatic heterocycles. The lowest BCUT2D eigenvalue weighted by molar-refractivity contribution is -0.274. The lowest BCUT2D eigenvalue weighted by atomic mass is 9.96. The SMILES string of the molecule is CN=C(NCCc1ccc(OC(F)(F)F)cc1)N(C)CCC1CCOCC1.I. The Kier molecular flexibility index (Phi) is 10.9. The van der Waals surface area contributed by atoms with E-state index in [1.54, 1.807) is 19.2 Å². The first-order valence-corrected chi connectivity index (χ1v) is 9.21. The van der Waals surface area contributed by atoms with Gasteiger partial charge in [-0.2, -0.15) is 0 Å². The number of benzene rings is 1. The Bertz CT molecular complexity index is 591. The normalized spacial score (nSPS) is 15.7. The molecule has 1 aliphatic rings. The average Bonchev–Trinajstić information content (AvgIpc) is 2.64. The Morgan fingerprint density at radius 3 is 2.46 bits per heavy atom. The van der Waals surface area contributed by atoms with Gasteiger partial charge in [0.05, 0.1) is 0 Å². The van der Waals surface area contributed by atoms with Gasteiger partial charge in [0, 0.05) is 40.4 Å². The van der Waals surface area contributed by atoms with Crippen molar-refractivity contribution in [3.63, 3.8) is 0 Å². The number of ether oxygens (including phenoxy) is 2. The van der Waals surface area contributed by atoms with Crippen molar-refractivity contribution in [3.05, 3.63) is 29.8 Å². The summed E-state index contributed by atoms with van der Waals surface area (Å²) in [4.78, 5) is 6.41. The van der Waals surface area contributed by atoms with Crippen LogP contribution in [0.5, 0.6) is 5.75 Å². The molecule has 160 valence electrons. The van der Waals surface area contributed by atoms with Gasteiger partial charge < -0.3 is 19.7 Å². The minimum Gasteiger partial charge on any atom is -0.406 e. The van der Waals surface area contributed by atoms with E-state index in [0.29, 0.717) is 18.9 Å². The van der Waals surface area contributed by atoms with E-state index in [1.165, 1.54) is 12.1 Å². The van der Waals surface area contributed by atoms with Crippen LogP contribution in [-0.2, 0) is 11.2 Å². The summed E-state index contributed by atoms with van der Waals surface area (Å²) < 4.78 is 45.8. The Morgan fingerprint density at radius 2 is 1.89 bits per heavy atom. The van der Waals surface area contributed by atoms with E-state index in [1.807, 2.05) is 7.05 Å². The number of hydrogen-bond donors (Lipinski definition) is 1. The van der Waals surface area contributed by atoms with Crippen LogP contribution in [0.15, 0.2) is 29.3 Å². The van der Waals surface area contributed by atoms with Gasteiger partial charge in [-0.15, -0.1) is 37.1 Å². The molecular weight excluding hydrogens is 486 g/mol. The highest BCUT2D eigenvalue weighted by molar-refractivity contribution is 14.0. The van der Waals surface area contributed by atoms with E-state index in [4.69, 9.17) is 4.74 Å². The highest BCUT2D eigenvalue weighted by Crippen LogP contribution is 2.22. The van der Waals surface area contributed by atoms with Gasteiger partial charge in [0.1, 0.15) is 5.75 Å². The first kappa shape index (κ1) is 24.8. The molecule has 0 saturated carbocycles. The van der Waals surface area contributed by atoms with Crippen LogP contribution in [0, 0.1) is 5.92 Å². The van der Waals surface area contributed by atoms with Crippen molar-refractivity contribution < 1.29 is 22.6 Å². The maximum absolute atomic E-state index is 12.2. The molecule has 1 heterocycles. The van der Waals surface area contributed by atoms with Crippen molar-refractivity contribution in [2.45, 2.75) is 32.0 Å². The van der Waals surface area contributed by atoms with Crippen LogP contribution >= 0.6 is 24.0 Å². The molecule has 9 heteroatoms. The van der Waals surface area contributed by atoms with Crippen LogP contribution < -0.4 is 10.1 Å². The third-order valence-electron chi connectivity index (χ3n) is 4.64. The van der Waals surface area contributed by atoms with Gasteiger partial charge in [-0.05, 0) is 49.3 Å². The van der Waals surface area contributed by atoms with Crippen LogP contribution in [0.4, 0.5) is 13.2 Å². The zero-order valence-electron chi connectivity index (χ0n) is 16.3. The van der Waals surface area contributed by atoms with E-state index >= 15 is 0 Å². The highest BCUT2D eigenvalue weighted by Gasteiger charge is 2.30. The Balaban J connectivity index is 0.00000392. The summed E-state index contributed by atoms with van der Waals surface area (Å²) in [5.74, 6) is 1.32. The fraction of sp³-hybridized carbons (Fsp3) is 0.632. The van der Waals surface area contributed by atoms with Crippen LogP contribution in [0.25, 0.3) is 0 Å². The monoisotopic (exact) mass is 515 g/mol. The summed E-state index contributed by atoms with van der Waals surface area (Å²) in [6, 6.07) is 5.94. The van der Waals surface area contributed by atoms with Crippen molar-refractivity contribution in [2.24, 2.45) is 10.9 Å². The van der Waals surface area contributed by atoms with Gasteiger partial charge >= 0.3 is 6.36 Å². The summed E-state index contributed by atoms with van der Waals surface area (Å²) in [7, 11) is 3.76. The Morgan fingerprint density at radius 1 is 1.25 bits per heavy atom. The zero-order valence-corrected chi connectivity index (χ0v) is 18.6. The molecule has 0 bridgehead atoms. The topological polar surface area (TPSA) is 46.1 Å². The van der Waals surface area contributed by atoms with Crippen molar-refractivity contribution in [3.8, 4) is 5.75 Å². The van der Waals surface area contributed by atoms with Crippen molar-refractivity contribution in [2.75, 3.05) is 40.4 Å². The number of aliphatic imine (C=N–C) groups is 1. The minimum atomic E-state index is -4.66. The lowest BCUT2D eigenvalue weighted by Crippen LogP contribution is -2.40. The van der Waals surface area contributed by atoms with Gasteiger partial charge in [-0.1, -0.05) is 12.1 Å². The predicted molar refractivity (Wildman–Crippen MR) is 114 cm³/mol. The first-order valence-electron chi connectivity index (χ1n) is 9.21. The highest BCUT2D eigenvalue weighted by atomic mass is 127. The number of nitrogens with one attached hydrogen (secondary N) is 1. The maximum atomic E-state index is 12.2. The number of halogens is 4. The number of hydrogen-bond acceptors (Lipinski definition) is 3. The molecule has 0 atom stereocenters. The molecule has 5 nitrogen and oxygen atoms in total. The molecule has 0 amide bonds. The molecule has 28 heavy (non-hydrogen) atoms. The Labute approximate surface area is 181 Å². The van der Waals surface area contributed by atoms with E-state index in [0.717, 1.165) is 50.5 Å². The molecule has 1 fully saturated rings. The third-order valence-corrected chi connectivity index (χ3v) is 4.64. The first-order chi connectivity index (χ1) is 12.9. The van der Waals surface area contributed by atoms with Gasteiger partial charge in [0.2, 0.25) is 0 Å². The molecular formula is C19H29F3IN3O2. The van der Waals surface area contributed by atoms with Crippen molar-refractivity contribution in [1.82, 2.24) is 10.2 Å². The van der Waals surface area contributed by atoms with Gasteiger partial charge in [-0.25, -0.2) is 0 Å². The van der Waals surface area contributed by atoms with E-state index in [2.05, 4.69) is 19.9 Å². The quantitative estimate of drug-likeness (QED) is 0.338. The Hall–Kier alpha value is -1.23. The smallest absolute Gasteiger partial charge is 0.406 e. The zero-order chi connectivity index (χ0) is 19.7. The second-order valence-electron chi connectivity index (χ2n) is 6.68. The molecule has 1 aromatic rings. The standard InChI is InChI=1S/C19H28F3N3O2.HI/c1-23-18(25(2)12-8-16-9-13-26-14-10-16)24-11-7-15-3-5-17(6-4-15)27-19(20,21)22;/h3-6,16H,7-14H2,1-2H3,(H,23,24);1H. The van der Waals surface area contributed by atoms with E-state index in [9.17, 15) is 13.2 Å². The number of alkyl halides is 3. The van der Waals surface area contributed by atoms with Crippen molar-refractivity contribution in [1.29, 1.82) is 0 Å². The van der Waals surface area contributed by atoms with Gasteiger partial charge in [-0.3, -0.25) is 4.99 Å². The van der Waals surface area contributed by atoms with Crippen LogP contribution in [0.2, 0.25) is 0 Å². The minimum absolute atomic E-state index is 0. The fourth-order valence-corrected chi connectivity index (χ4v) is 3.08. The number of rotatable bonds is 7. The maximum Gasteiger partial charge on any atom is 0.573 e. The molecule has 0 aliphatic carbocycles. The van der Waals surface area contributed by atoms with E-state index in [-0.39, 0.29) is 29.7 Å².